The van der Waals surface area contributed by atoms with E-state index in [9.17, 15) is 27.6 Å². The van der Waals surface area contributed by atoms with Crippen molar-refractivity contribution in [2.45, 2.75) is 12.7 Å². The minimum absolute atomic E-state index is 0.00861. The Morgan fingerprint density at radius 1 is 0.848 bits per heavy atom. The topological polar surface area (TPSA) is 126 Å². The first-order valence-corrected chi connectivity index (χ1v) is 14.2. The summed E-state index contributed by atoms with van der Waals surface area (Å²) in [7, 11) is 0. The van der Waals surface area contributed by atoms with E-state index in [0.29, 0.717) is 11.4 Å². The lowest BCUT2D eigenvalue weighted by molar-refractivity contribution is -0.138. The summed E-state index contributed by atoms with van der Waals surface area (Å²) < 4.78 is 52.6. The molecule has 0 saturated carbocycles. The average molecular weight is 655 g/mol. The number of aromatic nitrogens is 2. The van der Waals surface area contributed by atoms with Crippen LogP contribution in [0.1, 0.15) is 21.5 Å². The van der Waals surface area contributed by atoms with Gasteiger partial charge < -0.3 is 25.0 Å². The maximum absolute atomic E-state index is 14.0. The highest BCUT2D eigenvalue weighted by Crippen LogP contribution is 2.35. The Kier molecular flexibility index (Phi) is 9.98. The Hall–Kier alpha value is -5.21. The molecular formula is C31H26ClF3N6O5. The molecular weight excluding hydrogens is 629 g/mol. The van der Waals surface area contributed by atoms with Gasteiger partial charge >= 0.3 is 24.3 Å². The van der Waals surface area contributed by atoms with Gasteiger partial charge in [0.1, 0.15) is 17.2 Å². The van der Waals surface area contributed by atoms with Gasteiger partial charge in [0.05, 0.1) is 11.1 Å². The van der Waals surface area contributed by atoms with Gasteiger partial charge in [-0.25, -0.2) is 24.4 Å². The van der Waals surface area contributed by atoms with E-state index in [1.807, 2.05) is 0 Å². The number of benzene rings is 3. The lowest BCUT2D eigenvalue weighted by Gasteiger charge is -2.34. The molecule has 0 unspecified atom stereocenters. The second kappa shape index (κ2) is 14.3. The molecule has 15 heteroatoms. The van der Waals surface area contributed by atoms with Crippen molar-refractivity contribution >= 4 is 41.1 Å². The average Bonchev–Trinajstić information content (AvgIpc) is 3.03. The number of rotatable bonds is 7. The Balaban J connectivity index is 1.14. The van der Waals surface area contributed by atoms with Gasteiger partial charge in [0.2, 0.25) is 5.88 Å². The second-order valence-corrected chi connectivity index (χ2v) is 10.4. The van der Waals surface area contributed by atoms with Crippen LogP contribution >= 0.6 is 11.6 Å². The molecule has 0 spiro atoms. The van der Waals surface area contributed by atoms with Crippen LogP contribution in [0.25, 0.3) is 0 Å². The van der Waals surface area contributed by atoms with Crippen molar-refractivity contribution in [3.63, 3.8) is 0 Å². The summed E-state index contributed by atoms with van der Waals surface area (Å²) in [5.41, 5.74) is -0.341. The third-order valence-corrected chi connectivity index (χ3v) is 7.04. The molecule has 3 aromatic carbocycles. The fraction of sp³-hybridized carbons (Fsp3) is 0.194. The van der Waals surface area contributed by atoms with Gasteiger partial charge in [0.25, 0.3) is 0 Å². The first-order chi connectivity index (χ1) is 22.0. The highest BCUT2D eigenvalue weighted by atomic mass is 35.5. The van der Waals surface area contributed by atoms with E-state index in [1.165, 1.54) is 41.6 Å². The number of halogens is 4. The van der Waals surface area contributed by atoms with Crippen molar-refractivity contribution in [3.05, 3.63) is 107 Å². The summed E-state index contributed by atoms with van der Waals surface area (Å²) in [4.78, 5) is 47.9. The molecule has 0 radical (unpaired) electrons. The van der Waals surface area contributed by atoms with Gasteiger partial charge in [-0.15, -0.1) is 0 Å². The zero-order valence-electron chi connectivity index (χ0n) is 24.0. The Morgan fingerprint density at radius 3 is 2.20 bits per heavy atom. The molecule has 1 aliphatic rings. The first kappa shape index (κ1) is 32.2. The van der Waals surface area contributed by atoms with E-state index in [-0.39, 0.29) is 60.6 Å². The van der Waals surface area contributed by atoms with Crippen LogP contribution in [0.2, 0.25) is 5.15 Å². The molecule has 1 fully saturated rings. The van der Waals surface area contributed by atoms with Gasteiger partial charge in [0.15, 0.2) is 0 Å². The van der Waals surface area contributed by atoms with Crippen LogP contribution in [-0.2, 0) is 17.5 Å². The van der Waals surface area contributed by atoms with Crippen molar-refractivity contribution in [3.8, 4) is 11.6 Å². The molecule has 1 aliphatic heterocycles. The van der Waals surface area contributed by atoms with Gasteiger partial charge in [-0.3, -0.25) is 4.90 Å². The van der Waals surface area contributed by atoms with Crippen molar-refractivity contribution < 1.29 is 37.0 Å². The van der Waals surface area contributed by atoms with Crippen LogP contribution in [0.5, 0.6) is 11.6 Å². The number of carbonyl (C=O) groups is 3. The van der Waals surface area contributed by atoms with E-state index in [1.54, 1.807) is 47.4 Å². The van der Waals surface area contributed by atoms with Crippen LogP contribution in [0.3, 0.4) is 0 Å². The van der Waals surface area contributed by atoms with E-state index < -0.39 is 29.8 Å². The molecule has 5 rings (SSSR count). The molecule has 3 amide bonds. The van der Waals surface area contributed by atoms with Crippen molar-refractivity contribution in [2.75, 3.05) is 36.8 Å². The lowest BCUT2D eigenvalue weighted by atomic mass is 10.0. The predicted molar refractivity (Wildman–Crippen MR) is 162 cm³/mol. The predicted octanol–water partition coefficient (Wildman–Crippen LogP) is 6.68. The molecule has 4 aromatic rings. The number of hydrogen-bond donors (Lipinski definition) is 2. The fourth-order valence-corrected chi connectivity index (χ4v) is 4.69. The van der Waals surface area contributed by atoms with Crippen LogP contribution in [0, 0.1) is 0 Å². The number of hydrogen-bond acceptors (Lipinski definition) is 8. The number of carbonyl (C=O) groups excluding carboxylic acids is 3. The zero-order valence-corrected chi connectivity index (χ0v) is 24.7. The number of anilines is 2. The molecule has 1 aromatic heterocycles. The number of nitrogens with one attached hydrogen (secondary N) is 2. The molecule has 0 bridgehead atoms. The van der Waals surface area contributed by atoms with Crippen LogP contribution < -0.4 is 15.4 Å². The van der Waals surface area contributed by atoms with Crippen LogP contribution in [0.4, 0.5) is 34.1 Å². The van der Waals surface area contributed by atoms with Gasteiger partial charge in [-0.1, -0.05) is 35.9 Å². The normalized spacial score (nSPS) is 13.5. The number of ether oxygens (including phenoxy) is 2. The molecule has 0 atom stereocenters. The first-order valence-electron chi connectivity index (χ1n) is 13.9. The molecule has 238 valence electrons. The molecule has 2 heterocycles. The summed E-state index contributed by atoms with van der Waals surface area (Å²) in [6.45, 7) is 0.840. The van der Waals surface area contributed by atoms with Crippen LogP contribution in [-0.4, -0.2) is 64.0 Å². The molecule has 46 heavy (non-hydrogen) atoms. The SMILES string of the molecule is O=C(Nc1ccc(Oc2cc(Cl)ncn2)cc1)Nc1ccc(CN2CCN(C(=O)OC(=O)c3ccccc3)CC2)c(C(F)(F)F)c1. The Morgan fingerprint density at radius 2 is 1.52 bits per heavy atom. The summed E-state index contributed by atoms with van der Waals surface area (Å²) >= 11 is 5.81. The Labute approximate surface area is 265 Å². The standard InChI is InChI=1S/C31H26ClF3N6O5/c32-26-17-27(37-19-36-26)45-24-10-8-22(9-11-24)38-29(43)39-23-7-6-21(25(16-23)31(33,34)35)18-40-12-14-41(15-13-40)30(44)46-28(42)20-4-2-1-3-5-20/h1-11,16-17,19H,12-15,18H2,(H2,38,39,43). The van der Waals surface area contributed by atoms with Gasteiger partial charge in [-0.05, 0) is 54.1 Å². The third kappa shape index (κ3) is 8.70. The van der Waals surface area contributed by atoms with Gasteiger partial charge in [-0.2, -0.15) is 13.2 Å². The number of urea groups is 1. The Bertz CT molecular complexity index is 1700. The van der Waals surface area contributed by atoms with Crippen molar-refractivity contribution in [1.29, 1.82) is 0 Å². The number of esters is 1. The summed E-state index contributed by atoms with van der Waals surface area (Å²) in [6.07, 6.45) is -4.25. The second-order valence-electron chi connectivity index (χ2n) is 10.0. The monoisotopic (exact) mass is 654 g/mol. The maximum atomic E-state index is 14.0. The highest BCUT2D eigenvalue weighted by molar-refractivity contribution is 6.29. The van der Waals surface area contributed by atoms with Crippen molar-refractivity contribution in [2.24, 2.45) is 0 Å². The summed E-state index contributed by atoms with van der Waals surface area (Å²) in [5, 5.41) is 5.19. The molecule has 1 saturated heterocycles. The lowest BCUT2D eigenvalue weighted by Crippen LogP contribution is -2.48. The molecule has 0 aliphatic carbocycles. The third-order valence-electron chi connectivity index (χ3n) is 6.83. The quantitative estimate of drug-likeness (QED) is 0.128. The molecule has 11 nitrogen and oxygen atoms in total. The van der Waals surface area contributed by atoms with E-state index in [0.717, 1.165) is 6.07 Å². The van der Waals surface area contributed by atoms with E-state index >= 15 is 0 Å². The maximum Gasteiger partial charge on any atom is 0.417 e. The zero-order chi connectivity index (χ0) is 32.7. The minimum Gasteiger partial charge on any atom is -0.439 e. The van der Waals surface area contributed by atoms with E-state index in [4.69, 9.17) is 21.1 Å². The smallest absolute Gasteiger partial charge is 0.417 e. The van der Waals surface area contributed by atoms with Crippen molar-refractivity contribution in [1.82, 2.24) is 19.8 Å². The number of nitrogens with zero attached hydrogens (tertiary/aromatic N) is 4. The van der Waals surface area contributed by atoms with Gasteiger partial charge in [0, 0.05) is 50.2 Å². The highest BCUT2D eigenvalue weighted by Gasteiger charge is 2.35. The summed E-state index contributed by atoms with van der Waals surface area (Å²) in [5.74, 6) is -0.147. The van der Waals surface area contributed by atoms with E-state index in [2.05, 4.69) is 20.6 Å². The summed E-state index contributed by atoms with van der Waals surface area (Å²) in [6, 6.07) is 18.5. The number of alkyl halides is 3. The molecule has 2 N–H and O–H groups in total. The number of amides is 3. The fourth-order valence-electron chi connectivity index (χ4n) is 4.56. The van der Waals surface area contributed by atoms with Crippen LogP contribution in [0.15, 0.2) is 85.2 Å². The largest absolute Gasteiger partial charge is 0.439 e. The minimum atomic E-state index is -4.68. The number of piperazine rings is 1.